The Bertz CT molecular complexity index is 1130. The lowest BCUT2D eigenvalue weighted by Gasteiger charge is -2.28. The first-order chi connectivity index (χ1) is 15.0. The van der Waals surface area contributed by atoms with Gasteiger partial charge in [0.15, 0.2) is 0 Å². The maximum Gasteiger partial charge on any atom is 0.312 e. The predicted molar refractivity (Wildman–Crippen MR) is 114 cm³/mol. The lowest BCUT2D eigenvalue weighted by Crippen LogP contribution is -2.45. The van der Waals surface area contributed by atoms with E-state index < -0.39 is 17.6 Å². The summed E-state index contributed by atoms with van der Waals surface area (Å²) in [5.41, 5.74) is 1.95. The van der Waals surface area contributed by atoms with Gasteiger partial charge in [-0.25, -0.2) is 14.4 Å². The minimum Gasteiger partial charge on any atom is -0.344 e. The van der Waals surface area contributed by atoms with Gasteiger partial charge in [-0.15, -0.1) is 0 Å². The third-order valence-electron chi connectivity index (χ3n) is 4.93. The second-order valence-corrected chi connectivity index (χ2v) is 7.42. The molecule has 0 fully saturated rings. The van der Waals surface area contributed by atoms with E-state index >= 15 is 0 Å². The molecule has 1 aromatic carbocycles. The maximum atomic E-state index is 14.0. The fourth-order valence-electron chi connectivity index (χ4n) is 3.30. The lowest BCUT2D eigenvalue weighted by atomic mass is 10.0. The number of hydrogen-bond acceptors (Lipinski definition) is 5. The summed E-state index contributed by atoms with van der Waals surface area (Å²) in [5, 5.41) is 5.54. The first-order valence-electron chi connectivity index (χ1n) is 9.68. The van der Waals surface area contributed by atoms with Gasteiger partial charge >= 0.3 is 11.8 Å². The number of halogens is 2. The van der Waals surface area contributed by atoms with E-state index in [-0.39, 0.29) is 23.7 Å². The average Bonchev–Trinajstić information content (AvgIpc) is 2.79. The number of carbonyl (C=O) groups is 2. The topological polar surface area (TPSA) is 87.2 Å². The number of hydrogen-bond donors (Lipinski definition) is 2. The second kappa shape index (κ2) is 9.09. The summed E-state index contributed by atoms with van der Waals surface area (Å²) in [5.74, 6) is -0.830. The minimum atomic E-state index is -0.800. The summed E-state index contributed by atoms with van der Waals surface area (Å²) in [7, 11) is 0. The summed E-state index contributed by atoms with van der Waals surface area (Å²) in [6.45, 7) is 0.488. The molecule has 31 heavy (non-hydrogen) atoms. The molecule has 3 aromatic rings. The molecule has 0 unspecified atom stereocenters. The van der Waals surface area contributed by atoms with Crippen LogP contribution in [-0.2, 0) is 29.1 Å². The van der Waals surface area contributed by atoms with Crippen molar-refractivity contribution in [1.29, 1.82) is 0 Å². The highest BCUT2D eigenvalue weighted by molar-refractivity contribution is 6.35. The van der Waals surface area contributed by atoms with Crippen molar-refractivity contribution in [3.05, 3.63) is 82.4 Å². The normalized spacial score (nSPS) is 12.8. The van der Waals surface area contributed by atoms with Crippen molar-refractivity contribution in [2.75, 3.05) is 11.9 Å². The zero-order valence-electron chi connectivity index (χ0n) is 16.4. The van der Waals surface area contributed by atoms with Gasteiger partial charge in [-0.3, -0.25) is 9.59 Å². The number of nitrogens with one attached hydrogen (secondary N) is 2. The van der Waals surface area contributed by atoms with E-state index in [0.717, 1.165) is 5.56 Å². The lowest BCUT2D eigenvalue weighted by molar-refractivity contribution is -0.146. The van der Waals surface area contributed by atoms with Gasteiger partial charge in [0.1, 0.15) is 17.5 Å². The first-order valence-corrected chi connectivity index (χ1v) is 10.1. The van der Waals surface area contributed by atoms with Crippen molar-refractivity contribution in [2.24, 2.45) is 0 Å². The highest BCUT2D eigenvalue weighted by atomic mass is 35.5. The number of pyridine rings is 2. The van der Waals surface area contributed by atoms with Crippen molar-refractivity contribution in [3.63, 3.8) is 0 Å². The third-order valence-corrected chi connectivity index (χ3v) is 5.23. The molecule has 158 valence electrons. The zero-order valence-corrected chi connectivity index (χ0v) is 17.2. The van der Waals surface area contributed by atoms with Crippen LogP contribution in [0.25, 0.3) is 0 Å². The van der Waals surface area contributed by atoms with Crippen molar-refractivity contribution in [2.45, 2.75) is 19.5 Å². The molecule has 2 amide bonds. The van der Waals surface area contributed by atoms with Gasteiger partial charge in [-0.1, -0.05) is 35.9 Å². The molecular formula is C22H19ClFN5O2. The van der Waals surface area contributed by atoms with E-state index in [1.165, 1.54) is 17.0 Å². The maximum absolute atomic E-state index is 14.0. The summed E-state index contributed by atoms with van der Waals surface area (Å²) in [4.78, 5) is 35.1. The quantitative estimate of drug-likeness (QED) is 0.609. The summed E-state index contributed by atoms with van der Waals surface area (Å²) < 4.78 is 14.0. The van der Waals surface area contributed by atoms with E-state index in [1.807, 2.05) is 30.3 Å². The van der Waals surface area contributed by atoms with Crippen LogP contribution in [0.2, 0.25) is 5.02 Å². The Morgan fingerprint density at radius 2 is 1.97 bits per heavy atom. The molecule has 0 saturated carbocycles. The van der Waals surface area contributed by atoms with Crippen LogP contribution in [-0.4, -0.2) is 33.2 Å². The molecule has 0 radical (unpaired) electrons. The highest BCUT2D eigenvalue weighted by Gasteiger charge is 2.27. The van der Waals surface area contributed by atoms with Gasteiger partial charge in [0, 0.05) is 24.8 Å². The van der Waals surface area contributed by atoms with Crippen LogP contribution in [0.15, 0.2) is 54.7 Å². The van der Waals surface area contributed by atoms with Crippen LogP contribution in [0.4, 0.5) is 16.0 Å². The number of anilines is 2. The molecule has 1 aliphatic heterocycles. The van der Waals surface area contributed by atoms with Gasteiger partial charge in [0.25, 0.3) is 0 Å². The molecular weight excluding hydrogens is 421 g/mol. The molecule has 4 rings (SSSR count). The molecule has 1 aliphatic rings. The van der Waals surface area contributed by atoms with Gasteiger partial charge < -0.3 is 15.5 Å². The Kier molecular flexibility index (Phi) is 6.08. The summed E-state index contributed by atoms with van der Waals surface area (Å²) in [6, 6.07) is 13.8. The van der Waals surface area contributed by atoms with Crippen molar-refractivity contribution in [3.8, 4) is 0 Å². The van der Waals surface area contributed by atoms with E-state index in [9.17, 15) is 14.0 Å². The molecule has 2 aromatic heterocycles. The molecule has 0 bridgehead atoms. The van der Waals surface area contributed by atoms with E-state index in [4.69, 9.17) is 11.6 Å². The van der Waals surface area contributed by atoms with Crippen LogP contribution in [0, 0.1) is 5.82 Å². The van der Waals surface area contributed by atoms with E-state index in [2.05, 4.69) is 20.6 Å². The number of aromatic nitrogens is 2. The average molecular weight is 440 g/mol. The number of fused-ring (bicyclic) bond motifs is 1. The van der Waals surface area contributed by atoms with Gasteiger partial charge in [0.2, 0.25) is 0 Å². The summed E-state index contributed by atoms with van der Waals surface area (Å²) in [6.07, 6.45) is 2.27. The van der Waals surface area contributed by atoms with Crippen molar-refractivity contribution in [1.82, 2.24) is 20.2 Å². The van der Waals surface area contributed by atoms with Crippen molar-refractivity contribution >= 4 is 35.1 Å². The Labute approximate surface area is 183 Å². The number of benzene rings is 1. The number of rotatable bonds is 4. The molecule has 0 saturated heterocycles. The van der Waals surface area contributed by atoms with Crippen LogP contribution in [0.1, 0.15) is 16.8 Å². The van der Waals surface area contributed by atoms with Crippen LogP contribution >= 0.6 is 11.6 Å². The number of carbonyl (C=O) groups excluding carboxylic acids is 2. The largest absolute Gasteiger partial charge is 0.344 e. The van der Waals surface area contributed by atoms with Crippen LogP contribution < -0.4 is 10.6 Å². The predicted octanol–water partition coefficient (Wildman–Crippen LogP) is 3.21. The smallest absolute Gasteiger partial charge is 0.312 e. The standard InChI is InChI=1S/C22H19ClFN5O2/c23-16-5-3-4-15(20(16)24)12-26-21(30)22(31)29-11-9-14-7-8-19(27-17(14)13-29)28-18-6-1-2-10-25-18/h1-8,10H,9,11-13H2,(H,26,30)(H,25,27,28). The second-order valence-electron chi connectivity index (χ2n) is 7.01. The fourth-order valence-corrected chi connectivity index (χ4v) is 3.49. The molecule has 0 spiro atoms. The summed E-state index contributed by atoms with van der Waals surface area (Å²) >= 11 is 5.75. The molecule has 3 heterocycles. The Morgan fingerprint density at radius 3 is 2.77 bits per heavy atom. The highest BCUT2D eigenvalue weighted by Crippen LogP contribution is 2.21. The monoisotopic (exact) mass is 439 g/mol. The van der Waals surface area contributed by atoms with E-state index in [1.54, 1.807) is 12.3 Å². The number of amides is 2. The van der Waals surface area contributed by atoms with E-state index in [0.29, 0.717) is 30.3 Å². The SMILES string of the molecule is O=C(NCc1cccc(Cl)c1F)C(=O)N1CCc2ccc(Nc3ccccn3)nc2C1. The van der Waals surface area contributed by atoms with Gasteiger partial charge in [0.05, 0.1) is 17.3 Å². The van der Waals surface area contributed by atoms with Gasteiger partial charge in [-0.2, -0.15) is 0 Å². The molecule has 7 nitrogen and oxygen atoms in total. The zero-order chi connectivity index (χ0) is 21.8. The van der Waals surface area contributed by atoms with Crippen molar-refractivity contribution < 1.29 is 14.0 Å². The fraction of sp³-hybridized carbons (Fsp3) is 0.182. The molecule has 2 N–H and O–H groups in total. The molecule has 0 atom stereocenters. The van der Waals surface area contributed by atoms with Crippen LogP contribution in [0.3, 0.4) is 0 Å². The van der Waals surface area contributed by atoms with Crippen LogP contribution in [0.5, 0.6) is 0 Å². The molecule has 0 aliphatic carbocycles. The third kappa shape index (κ3) is 4.80. The number of nitrogens with zero attached hydrogens (tertiary/aromatic N) is 3. The first kappa shape index (κ1) is 20.7. The Morgan fingerprint density at radius 1 is 1.10 bits per heavy atom. The Balaban J connectivity index is 1.40. The molecule has 9 heteroatoms. The van der Waals surface area contributed by atoms with Gasteiger partial charge in [-0.05, 0) is 36.2 Å². The minimum absolute atomic E-state index is 0.0353. The Hall–Kier alpha value is -3.52.